The number of benzene rings is 2. The second kappa shape index (κ2) is 9.60. The minimum absolute atomic E-state index is 0.275. The van der Waals surface area contributed by atoms with Crippen LogP contribution in [0.4, 0.5) is 5.95 Å². The Morgan fingerprint density at radius 2 is 1.88 bits per heavy atom. The Kier molecular flexibility index (Phi) is 6.39. The Balaban J connectivity index is 1.31. The van der Waals surface area contributed by atoms with Crippen molar-refractivity contribution in [3.63, 3.8) is 0 Å². The molecule has 0 amide bonds. The van der Waals surface area contributed by atoms with E-state index >= 15 is 0 Å². The molecule has 8 heteroatoms. The second-order valence-corrected chi connectivity index (χ2v) is 9.53. The first-order chi connectivity index (χ1) is 16.5. The second-order valence-electron chi connectivity index (χ2n) is 9.09. The van der Waals surface area contributed by atoms with E-state index in [1.54, 1.807) is 0 Å². The van der Waals surface area contributed by atoms with Gasteiger partial charge in [0, 0.05) is 19.5 Å². The summed E-state index contributed by atoms with van der Waals surface area (Å²) in [5, 5.41) is 3.97. The summed E-state index contributed by atoms with van der Waals surface area (Å²) in [7, 11) is 2.05. The van der Waals surface area contributed by atoms with Crippen molar-refractivity contribution in [2.24, 2.45) is 13.0 Å². The lowest BCUT2D eigenvalue weighted by molar-refractivity contribution is -0.0312. The van der Waals surface area contributed by atoms with E-state index in [0.29, 0.717) is 17.5 Å². The highest BCUT2D eigenvalue weighted by Gasteiger charge is 2.19. The molecule has 176 valence electrons. The fraction of sp³-hybridized carbons (Fsp3) is 0.346. The van der Waals surface area contributed by atoms with Crippen molar-refractivity contribution in [3.8, 4) is 11.8 Å². The average Bonchev–Trinajstić information content (AvgIpc) is 3.12. The van der Waals surface area contributed by atoms with Gasteiger partial charge in [-0.1, -0.05) is 43.6 Å². The lowest BCUT2D eigenvalue weighted by atomic mass is 9.98. The molecule has 5 rings (SSSR count). The molecular formula is C26H28ClN5O2. The number of nitrogens with one attached hydrogen (secondary N) is 1. The van der Waals surface area contributed by atoms with E-state index in [2.05, 4.69) is 65.0 Å². The number of rotatable bonds is 8. The van der Waals surface area contributed by atoms with Crippen LogP contribution < -0.4 is 10.1 Å². The Morgan fingerprint density at radius 1 is 1.12 bits per heavy atom. The topological polar surface area (TPSA) is 74.1 Å². The number of aromatic nitrogens is 4. The minimum Gasteiger partial charge on any atom is -0.424 e. The fourth-order valence-corrected chi connectivity index (χ4v) is 4.24. The first-order valence-corrected chi connectivity index (χ1v) is 11.9. The predicted octanol–water partition coefficient (Wildman–Crippen LogP) is 5.73. The number of halogens is 1. The van der Waals surface area contributed by atoms with Gasteiger partial charge in [0.25, 0.3) is 0 Å². The van der Waals surface area contributed by atoms with Gasteiger partial charge >= 0.3 is 6.01 Å². The number of aryl methyl sites for hydroxylation is 1. The molecule has 0 unspecified atom stereocenters. The van der Waals surface area contributed by atoms with Crippen molar-refractivity contribution in [1.82, 2.24) is 19.5 Å². The maximum atomic E-state index is 5.93. The number of fused-ring (bicyclic) bond motifs is 1. The number of hydrogen-bond acceptors (Lipinski definition) is 6. The van der Waals surface area contributed by atoms with Gasteiger partial charge in [0.05, 0.1) is 41.7 Å². The van der Waals surface area contributed by atoms with E-state index in [4.69, 9.17) is 26.1 Å². The molecule has 1 saturated heterocycles. The van der Waals surface area contributed by atoms with Crippen LogP contribution in [-0.4, -0.2) is 32.7 Å². The third-order valence-electron chi connectivity index (χ3n) is 6.12. The molecule has 1 fully saturated rings. The highest BCUT2D eigenvalue weighted by Crippen LogP contribution is 2.31. The number of ether oxygens (including phenoxy) is 2. The van der Waals surface area contributed by atoms with Gasteiger partial charge in [-0.15, -0.1) is 0 Å². The molecule has 1 aliphatic heterocycles. The molecule has 0 radical (unpaired) electrons. The van der Waals surface area contributed by atoms with Gasteiger partial charge in [0.1, 0.15) is 5.75 Å². The third kappa shape index (κ3) is 4.86. The molecule has 2 aromatic heterocycles. The summed E-state index contributed by atoms with van der Waals surface area (Å²) in [5.41, 5.74) is 5.69. The summed E-state index contributed by atoms with van der Waals surface area (Å²) in [6.45, 7) is 6.67. The Labute approximate surface area is 204 Å². The van der Waals surface area contributed by atoms with Gasteiger partial charge in [0.15, 0.2) is 0 Å². The van der Waals surface area contributed by atoms with Crippen LogP contribution in [0.2, 0.25) is 5.02 Å². The predicted molar refractivity (Wildman–Crippen MR) is 134 cm³/mol. The van der Waals surface area contributed by atoms with Crippen molar-refractivity contribution in [2.45, 2.75) is 32.7 Å². The number of anilines is 1. The molecular weight excluding hydrogens is 450 g/mol. The quantitative estimate of drug-likeness (QED) is 0.349. The summed E-state index contributed by atoms with van der Waals surface area (Å²) < 4.78 is 13.4. The van der Waals surface area contributed by atoms with E-state index in [1.807, 2.05) is 12.1 Å². The zero-order valence-corrected chi connectivity index (χ0v) is 20.3. The van der Waals surface area contributed by atoms with Crippen LogP contribution in [0.5, 0.6) is 11.8 Å². The maximum absolute atomic E-state index is 5.93. The lowest BCUT2D eigenvalue weighted by Crippen LogP contribution is -2.29. The molecule has 1 aliphatic rings. The summed E-state index contributed by atoms with van der Waals surface area (Å²) >= 11 is 5.88. The zero-order valence-electron chi connectivity index (χ0n) is 19.6. The van der Waals surface area contributed by atoms with Crippen LogP contribution >= 0.6 is 11.6 Å². The van der Waals surface area contributed by atoms with Crippen molar-refractivity contribution in [2.75, 3.05) is 18.5 Å². The smallest absolute Gasteiger partial charge is 0.321 e. The van der Waals surface area contributed by atoms with Gasteiger partial charge in [0.2, 0.25) is 5.95 Å². The highest BCUT2D eigenvalue weighted by atomic mass is 35.5. The molecule has 7 nitrogen and oxygen atoms in total. The lowest BCUT2D eigenvalue weighted by Gasteiger charge is -2.25. The van der Waals surface area contributed by atoms with Crippen LogP contribution in [0.3, 0.4) is 0 Å². The standard InChI is InChI=1S/C26H28ClN5O2/c1-16(2)21-9-18(5-7-24(21)34-26-29-12-20(27)13-30-26)11-28-25-31-22-6-4-17(8-19-14-33-15-19)10-23(22)32(25)3/h4-7,9-10,12-13,16,19H,8,11,14-15H2,1-3H3,(H,28,31). The summed E-state index contributed by atoms with van der Waals surface area (Å²) in [5.74, 6) is 2.50. The SMILES string of the molecule is CC(C)c1cc(CNc2nc3ccc(CC4COC4)cc3n2C)ccc1Oc1ncc(Cl)cn1. The number of imidazole rings is 1. The van der Waals surface area contributed by atoms with Crippen molar-refractivity contribution in [1.29, 1.82) is 0 Å². The van der Waals surface area contributed by atoms with Gasteiger partial charge in [-0.25, -0.2) is 15.0 Å². The fourth-order valence-electron chi connectivity index (χ4n) is 4.14. The molecule has 34 heavy (non-hydrogen) atoms. The largest absolute Gasteiger partial charge is 0.424 e. The van der Waals surface area contributed by atoms with Crippen LogP contribution in [0.15, 0.2) is 48.8 Å². The van der Waals surface area contributed by atoms with Crippen LogP contribution in [0.25, 0.3) is 11.0 Å². The molecule has 0 saturated carbocycles. The Bertz CT molecular complexity index is 1300. The maximum Gasteiger partial charge on any atom is 0.321 e. The molecule has 0 aliphatic carbocycles. The first-order valence-electron chi connectivity index (χ1n) is 11.5. The van der Waals surface area contributed by atoms with Crippen LogP contribution in [-0.2, 0) is 24.8 Å². The van der Waals surface area contributed by atoms with Gasteiger partial charge in [-0.2, -0.15) is 0 Å². The van der Waals surface area contributed by atoms with E-state index in [0.717, 1.165) is 53.5 Å². The molecule has 4 aromatic rings. The van der Waals surface area contributed by atoms with Crippen LogP contribution in [0, 0.1) is 5.92 Å². The number of nitrogens with zero attached hydrogens (tertiary/aromatic N) is 4. The third-order valence-corrected chi connectivity index (χ3v) is 6.32. The molecule has 1 N–H and O–H groups in total. The van der Waals surface area contributed by atoms with E-state index in [-0.39, 0.29) is 11.9 Å². The summed E-state index contributed by atoms with van der Waals surface area (Å²) in [6, 6.07) is 13.0. The molecule has 3 heterocycles. The molecule has 0 bridgehead atoms. The number of hydrogen-bond donors (Lipinski definition) is 1. The molecule has 0 spiro atoms. The average molecular weight is 478 g/mol. The normalized spacial score (nSPS) is 13.9. The van der Waals surface area contributed by atoms with Gasteiger partial charge in [-0.3, -0.25) is 0 Å². The highest BCUT2D eigenvalue weighted by molar-refractivity contribution is 6.30. The summed E-state index contributed by atoms with van der Waals surface area (Å²) in [4.78, 5) is 13.1. The monoisotopic (exact) mass is 477 g/mol. The van der Waals surface area contributed by atoms with Crippen molar-refractivity contribution < 1.29 is 9.47 Å². The molecule has 2 aromatic carbocycles. The van der Waals surface area contributed by atoms with Gasteiger partial charge in [-0.05, 0) is 47.2 Å². The first kappa shape index (κ1) is 22.6. The zero-order chi connectivity index (χ0) is 23.7. The molecule has 0 atom stereocenters. The van der Waals surface area contributed by atoms with E-state index in [9.17, 15) is 0 Å². The van der Waals surface area contributed by atoms with Crippen LogP contribution in [0.1, 0.15) is 36.5 Å². The van der Waals surface area contributed by atoms with E-state index < -0.39 is 0 Å². The minimum atomic E-state index is 0.275. The Hall–Kier alpha value is -3.16. The Morgan fingerprint density at radius 3 is 2.59 bits per heavy atom. The summed E-state index contributed by atoms with van der Waals surface area (Å²) in [6.07, 6.45) is 4.11. The van der Waals surface area contributed by atoms with Crippen molar-refractivity contribution in [3.05, 3.63) is 70.5 Å². The van der Waals surface area contributed by atoms with Crippen molar-refractivity contribution >= 4 is 28.6 Å². The van der Waals surface area contributed by atoms with E-state index in [1.165, 1.54) is 18.0 Å². The van der Waals surface area contributed by atoms with Gasteiger partial charge < -0.3 is 19.4 Å².